The van der Waals surface area contributed by atoms with Gasteiger partial charge in [0.25, 0.3) is 0 Å². The highest BCUT2D eigenvalue weighted by Gasteiger charge is 2.09. The number of anilines is 1. The van der Waals surface area contributed by atoms with Crippen molar-refractivity contribution < 1.29 is 4.79 Å². The molecule has 1 unspecified atom stereocenters. The van der Waals surface area contributed by atoms with Crippen molar-refractivity contribution in [2.24, 2.45) is 0 Å². The molecule has 5 heteroatoms. The van der Waals surface area contributed by atoms with E-state index in [1.807, 2.05) is 19.9 Å². The van der Waals surface area contributed by atoms with E-state index in [2.05, 4.69) is 33.5 Å². The lowest BCUT2D eigenvalue weighted by molar-refractivity contribution is -0.115. The summed E-state index contributed by atoms with van der Waals surface area (Å²) >= 11 is 9.44. The minimum atomic E-state index is -0.0732. The van der Waals surface area contributed by atoms with E-state index in [-0.39, 0.29) is 5.91 Å². The molecule has 0 aliphatic carbocycles. The Bertz CT molecular complexity index is 437. The molecule has 1 rings (SSSR count). The number of carbonyl (C=O) groups is 1. The summed E-state index contributed by atoms with van der Waals surface area (Å²) < 4.78 is 0.835. The van der Waals surface area contributed by atoms with Gasteiger partial charge in [0.05, 0.1) is 12.2 Å². The lowest BCUT2D eigenvalue weighted by Gasteiger charge is -2.13. The molecule has 100 valence electrons. The summed E-state index contributed by atoms with van der Waals surface area (Å²) in [5.41, 5.74) is 1.67. The molecule has 0 bridgehead atoms. The van der Waals surface area contributed by atoms with E-state index in [0.717, 1.165) is 16.5 Å². The van der Waals surface area contributed by atoms with Gasteiger partial charge >= 0.3 is 0 Å². The summed E-state index contributed by atoms with van der Waals surface area (Å²) in [5, 5.41) is 6.60. The summed E-state index contributed by atoms with van der Waals surface area (Å²) in [6.45, 7) is 6.34. The van der Waals surface area contributed by atoms with Crippen molar-refractivity contribution in [3.05, 3.63) is 27.2 Å². The third-order valence-corrected chi connectivity index (χ3v) is 3.81. The van der Waals surface area contributed by atoms with Crippen LogP contribution >= 0.6 is 27.5 Å². The molecule has 0 saturated carbocycles. The summed E-state index contributed by atoms with van der Waals surface area (Å²) in [5.74, 6) is -0.0732. The number of rotatable bonds is 5. The van der Waals surface area contributed by atoms with Crippen LogP contribution in [0.2, 0.25) is 5.02 Å². The maximum atomic E-state index is 11.7. The molecule has 0 fully saturated rings. The Balaban J connectivity index is 2.62. The zero-order valence-electron chi connectivity index (χ0n) is 10.8. The second-order valence-electron chi connectivity index (χ2n) is 4.32. The van der Waals surface area contributed by atoms with Gasteiger partial charge in [0.15, 0.2) is 0 Å². The zero-order valence-corrected chi connectivity index (χ0v) is 13.2. The molecule has 1 amide bonds. The SMILES string of the molecule is CCC(C)NCC(=O)Nc1cc(Cl)c(C)cc1Br. The van der Waals surface area contributed by atoms with Crippen molar-refractivity contribution in [1.82, 2.24) is 5.32 Å². The summed E-state index contributed by atoms with van der Waals surface area (Å²) in [4.78, 5) is 11.7. The van der Waals surface area contributed by atoms with Crippen molar-refractivity contribution in [3.8, 4) is 0 Å². The van der Waals surface area contributed by atoms with Gasteiger partial charge in [-0.05, 0) is 53.9 Å². The van der Waals surface area contributed by atoms with Gasteiger partial charge in [-0.1, -0.05) is 18.5 Å². The molecule has 0 heterocycles. The monoisotopic (exact) mass is 332 g/mol. The third kappa shape index (κ3) is 4.59. The number of halogens is 2. The second-order valence-corrected chi connectivity index (χ2v) is 5.58. The Hall–Kier alpha value is -0.580. The Morgan fingerprint density at radius 1 is 1.50 bits per heavy atom. The molecule has 1 aromatic rings. The van der Waals surface area contributed by atoms with Crippen LogP contribution in [0.3, 0.4) is 0 Å². The molecule has 3 nitrogen and oxygen atoms in total. The molecule has 0 aliphatic heterocycles. The Morgan fingerprint density at radius 3 is 2.78 bits per heavy atom. The van der Waals surface area contributed by atoms with E-state index < -0.39 is 0 Å². The highest BCUT2D eigenvalue weighted by Crippen LogP contribution is 2.28. The van der Waals surface area contributed by atoms with Gasteiger partial charge in [0, 0.05) is 15.5 Å². The van der Waals surface area contributed by atoms with Crippen LogP contribution in [0.1, 0.15) is 25.8 Å². The Morgan fingerprint density at radius 2 is 2.17 bits per heavy atom. The summed E-state index contributed by atoms with van der Waals surface area (Å²) in [6, 6.07) is 3.98. The first-order chi connectivity index (χ1) is 8.43. The van der Waals surface area contributed by atoms with Gasteiger partial charge in [0.1, 0.15) is 0 Å². The predicted octanol–water partition coefficient (Wildman–Crippen LogP) is 3.74. The minimum Gasteiger partial charge on any atom is -0.324 e. The molecule has 1 aromatic carbocycles. The second kappa shape index (κ2) is 7.12. The quantitative estimate of drug-likeness (QED) is 0.862. The van der Waals surface area contributed by atoms with E-state index in [1.54, 1.807) is 6.07 Å². The fourth-order valence-corrected chi connectivity index (χ4v) is 2.07. The van der Waals surface area contributed by atoms with Crippen LogP contribution in [0.5, 0.6) is 0 Å². The van der Waals surface area contributed by atoms with Crippen molar-refractivity contribution in [3.63, 3.8) is 0 Å². The van der Waals surface area contributed by atoms with E-state index in [9.17, 15) is 4.79 Å². The number of aryl methyl sites for hydroxylation is 1. The normalized spacial score (nSPS) is 12.3. The molecule has 0 spiro atoms. The first-order valence-electron chi connectivity index (χ1n) is 5.93. The zero-order chi connectivity index (χ0) is 13.7. The standard InChI is InChI=1S/C13H18BrClN2O/c1-4-9(3)16-7-13(18)17-12-6-11(15)8(2)5-10(12)14/h5-6,9,16H,4,7H2,1-3H3,(H,17,18). The lowest BCUT2D eigenvalue weighted by Crippen LogP contribution is -2.34. The topological polar surface area (TPSA) is 41.1 Å². The first kappa shape index (κ1) is 15.5. The number of hydrogen-bond acceptors (Lipinski definition) is 2. The van der Waals surface area contributed by atoms with Crippen LogP contribution in [0.15, 0.2) is 16.6 Å². The van der Waals surface area contributed by atoms with E-state index in [1.165, 1.54) is 0 Å². The molecule has 0 aromatic heterocycles. The Labute approximate surface area is 121 Å². The lowest BCUT2D eigenvalue weighted by atomic mass is 10.2. The number of carbonyl (C=O) groups excluding carboxylic acids is 1. The average Bonchev–Trinajstić information content (AvgIpc) is 2.33. The van der Waals surface area contributed by atoms with Gasteiger partial charge in [-0.2, -0.15) is 0 Å². The molecule has 0 saturated heterocycles. The van der Waals surface area contributed by atoms with Crippen LogP contribution < -0.4 is 10.6 Å². The highest BCUT2D eigenvalue weighted by atomic mass is 79.9. The van der Waals surface area contributed by atoms with Gasteiger partial charge in [-0.25, -0.2) is 0 Å². The first-order valence-corrected chi connectivity index (χ1v) is 7.10. The fourth-order valence-electron chi connectivity index (χ4n) is 1.35. The molecular formula is C13H18BrClN2O. The summed E-state index contributed by atoms with van der Waals surface area (Å²) in [7, 11) is 0. The predicted molar refractivity (Wildman–Crippen MR) is 80.3 cm³/mol. The number of benzene rings is 1. The molecule has 0 radical (unpaired) electrons. The molecule has 0 aliphatic rings. The van der Waals surface area contributed by atoms with Crippen LogP contribution in [-0.2, 0) is 4.79 Å². The average molecular weight is 334 g/mol. The van der Waals surface area contributed by atoms with Crippen LogP contribution in [0.25, 0.3) is 0 Å². The van der Waals surface area contributed by atoms with Gasteiger partial charge in [-0.3, -0.25) is 4.79 Å². The van der Waals surface area contributed by atoms with Crippen LogP contribution in [-0.4, -0.2) is 18.5 Å². The van der Waals surface area contributed by atoms with Gasteiger partial charge < -0.3 is 10.6 Å². The Kier molecular flexibility index (Phi) is 6.12. The molecule has 2 N–H and O–H groups in total. The fraction of sp³-hybridized carbons (Fsp3) is 0.462. The van der Waals surface area contributed by atoms with Crippen LogP contribution in [0, 0.1) is 6.92 Å². The van der Waals surface area contributed by atoms with Crippen LogP contribution in [0.4, 0.5) is 5.69 Å². The van der Waals surface area contributed by atoms with Crippen molar-refractivity contribution in [1.29, 1.82) is 0 Å². The van der Waals surface area contributed by atoms with Gasteiger partial charge in [0.2, 0.25) is 5.91 Å². The summed E-state index contributed by atoms with van der Waals surface area (Å²) in [6.07, 6.45) is 0.993. The maximum absolute atomic E-state index is 11.7. The third-order valence-electron chi connectivity index (χ3n) is 2.75. The number of nitrogens with one attached hydrogen (secondary N) is 2. The highest BCUT2D eigenvalue weighted by molar-refractivity contribution is 9.10. The molecule has 18 heavy (non-hydrogen) atoms. The maximum Gasteiger partial charge on any atom is 0.238 e. The largest absolute Gasteiger partial charge is 0.324 e. The van der Waals surface area contributed by atoms with E-state index in [0.29, 0.717) is 23.3 Å². The van der Waals surface area contributed by atoms with E-state index in [4.69, 9.17) is 11.6 Å². The van der Waals surface area contributed by atoms with E-state index >= 15 is 0 Å². The number of amides is 1. The van der Waals surface area contributed by atoms with Crippen molar-refractivity contribution in [2.45, 2.75) is 33.2 Å². The van der Waals surface area contributed by atoms with Crippen molar-refractivity contribution >= 4 is 39.1 Å². The smallest absolute Gasteiger partial charge is 0.238 e. The minimum absolute atomic E-state index is 0.0732. The van der Waals surface area contributed by atoms with Gasteiger partial charge in [-0.15, -0.1) is 0 Å². The van der Waals surface area contributed by atoms with Crippen molar-refractivity contribution in [2.75, 3.05) is 11.9 Å². The number of hydrogen-bond donors (Lipinski definition) is 2. The molecule has 1 atom stereocenters. The molecular weight excluding hydrogens is 316 g/mol.